The molecule has 0 radical (unpaired) electrons. The minimum Gasteiger partial charge on any atom is -0.372 e. The van der Waals surface area contributed by atoms with Gasteiger partial charge in [-0.3, -0.25) is 4.90 Å². The molecule has 2 heterocycles. The molecule has 2 unspecified atom stereocenters. The van der Waals surface area contributed by atoms with Crippen molar-refractivity contribution in [3.8, 4) is 0 Å². The van der Waals surface area contributed by atoms with Gasteiger partial charge < -0.3 is 14.8 Å². The number of morpholine rings is 1. The van der Waals surface area contributed by atoms with E-state index in [9.17, 15) is 0 Å². The predicted octanol–water partition coefficient (Wildman–Crippen LogP) is 2.42. The number of nitrogens with one attached hydrogen (secondary N) is 1. The van der Waals surface area contributed by atoms with Crippen LogP contribution in [0.2, 0.25) is 0 Å². The van der Waals surface area contributed by atoms with Crippen LogP contribution in [0, 0.1) is 0 Å². The molecule has 4 heteroatoms. The zero-order chi connectivity index (χ0) is 15.7. The highest BCUT2D eigenvalue weighted by Gasteiger charge is 2.39. The van der Waals surface area contributed by atoms with Gasteiger partial charge in [0.1, 0.15) is 0 Å². The van der Waals surface area contributed by atoms with Crippen LogP contribution in [0.3, 0.4) is 0 Å². The average molecular weight is 298 g/mol. The minimum absolute atomic E-state index is 0.0705. The first-order valence-corrected chi connectivity index (χ1v) is 8.47. The fourth-order valence-electron chi connectivity index (χ4n) is 3.79. The molecule has 0 bridgehead atoms. The van der Waals surface area contributed by atoms with Gasteiger partial charge in [-0.05, 0) is 40.5 Å². The van der Waals surface area contributed by atoms with Gasteiger partial charge in [-0.1, -0.05) is 13.8 Å². The van der Waals surface area contributed by atoms with Crippen molar-refractivity contribution >= 4 is 0 Å². The zero-order valence-corrected chi connectivity index (χ0v) is 14.7. The molecule has 0 spiro atoms. The minimum atomic E-state index is -0.0705. The topological polar surface area (TPSA) is 33.7 Å². The lowest BCUT2D eigenvalue weighted by atomic mass is 9.98. The van der Waals surface area contributed by atoms with Crippen LogP contribution in [0.5, 0.6) is 0 Å². The fraction of sp³-hybridized carbons (Fsp3) is 1.00. The molecule has 0 aromatic carbocycles. The van der Waals surface area contributed by atoms with E-state index in [2.05, 4.69) is 51.8 Å². The van der Waals surface area contributed by atoms with Crippen molar-refractivity contribution < 1.29 is 9.47 Å². The second-order valence-electron chi connectivity index (χ2n) is 8.31. The molecular weight excluding hydrogens is 264 g/mol. The lowest BCUT2D eigenvalue weighted by Gasteiger charge is -2.47. The second kappa shape index (κ2) is 6.53. The molecule has 0 aromatic heterocycles. The summed E-state index contributed by atoms with van der Waals surface area (Å²) in [5.74, 6) is 0. The molecule has 2 atom stereocenters. The third kappa shape index (κ3) is 5.51. The number of nitrogens with zero attached hydrogens (tertiary/aromatic N) is 1. The van der Waals surface area contributed by atoms with Crippen molar-refractivity contribution in [3.05, 3.63) is 0 Å². The van der Waals surface area contributed by atoms with E-state index in [1.807, 2.05) is 0 Å². The molecule has 21 heavy (non-hydrogen) atoms. The first-order valence-electron chi connectivity index (χ1n) is 8.47. The van der Waals surface area contributed by atoms with Gasteiger partial charge in [-0.15, -0.1) is 0 Å². The summed E-state index contributed by atoms with van der Waals surface area (Å²) in [5, 5.41) is 3.48. The number of hydrogen-bond donors (Lipinski definition) is 1. The highest BCUT2D eigenvalue weighted by atomic mass is 16.5. The summed E-state index contributed by atoms with van der Waals surface area (Å²) in [6.07, 6.45) is 3.14. The van der Waals surface area contributed by atoms with Crippen LogP contribution < -0.4 is 5.32 Å². The quantitative estimate of drug-likeness (QED) is 0.845. The van der Waals surface area contributed by atoms with Crippen LogP contribution in [-0.4, -0.2) is 60.5 Å². The molecule has 2 saturated heterocycles. The van der Waals surface area contributed by atoms with E-state index >= 15 is 0 Å². The molecule has 0 aromatic rings. The normalized spacial score (nSPS) is 32.7. The third-order valence-electron chi connectivity index (χ3n) is 4.17. The Bertz CT molecular complexity index is 326. The maximum atomic E-state index is 6.21. The van der Waals surface area contributed by atoms with Crippen molar-refractivity contribution in [2.75, 3.05) is 26.2 Å². The summed E-state index contributed by atoms with van der Waals surface area (Å²) in [6, 6.07) is 0.536. The van der Waals surface area contributed by atoms with Crippen molar-refractivity contribution in [1.82, 2.24) is 10.2 Å². The summed E-state index contributed by atoms with van der Waals surface area (Å²) in [7, 11) is 0. The van der Waals surface area contributed by atoms with Gasteiger partial charge in [0.25, 0.3) is 0 Å². The maximum absolute atomic E-state index is 6.21. The Morgan fingerprint density at radius 2 is 1.62 bits per heavy atom. The predicted molar refractivity (Wildman–Crippen MR) is 86.7 cm³/mol. The Morgan fingerprint density at radius 1 is 1.05 bits per heavy atom. The molecule has 0 saturated carbocycles. The largest absolute Gasteiger partial charge is 0.372 e. The highest BCUT2D eigenvalue weighted by Crippen LogP contribution is 2.29. The summed E-state index contributed by atoms with van der Waals surface area (Å²) in [4.78, 5) is 2.52. The maximum Gasteiger partial charge on any atom is 0.0760 e. The van der Waals surface area contributed by atoms with E-state index in [-0.39, 0.29) is 11.2 Å². The monoisotopic (exact) mass is 298 g/mol. The third-order valence-corrected chi connectivity index (χ3v) is 4.17. The van der Waals surface area contributed by atoms with Crippen molar-refractivity contribution in [1.29, 1.82) is 0 Å². The lowest BCUT2D eigenvalue weighted by molar-refractivity contribution is -0.184. The van der Waals surface area contributed by atoms with Gasteiger partial charge in [-0.2, -0.15) is 0 Å². The average Bonchev–Trinajstić information content (AvgIpc) is 2.69. The summed E-state index contributed by atoms with van der Waals surface area (Å²) in [6.45, 7) is 17.1. The van der Waals surface area contributed by atoms with Crippen molar-refractivity contribution in [2.45, 2.75) is 83.8 Å². The van der Waals surface area contributed by atoms with Gasteiger partial charge in [0, 0.05) is 32.2 Å². The highest BCUT2D eigenvalue weighted by molar-refractivity contribution is 4.90. The van der Waals surface area contributed by atoms with E-state index in [0.29, 0.717) is 18.2 Å². The van der Waals surface area contributed by atoms with Gasteiger partial charge in [-0.25, -0.2) is 0 Å². The Kier molecular flexibility index (Phi) is 5.35. The molecule has 0 amide bonds. The van der Waals surface area contributed by atoms with Gasteiger partial charge >= 0.3 is 0 Å². The molecule has 2 fully saturated rings. The molecule has 2 rings (SSSR count). The smallest absolute Gasteiger partial charge is 0.0760 e. The Balaban J connectivity index is 1.80. The molecule has 1 N–H and O–H groups in total. The Hall–Kier alpha value is -0.160. The lowest BCUT2D eigenvalue weighted by Crippen LogP contribution is -2.58. The molecule has 2 aliphatic heterocycles. The van der Waals surface area contributed by atoms with E-state index < -0.39 is 0 Å². The van der Waals surface area contributed by atoms with Gasteiger partial charge in [0.05, 0.1) is 23.4 Å². The van der Waals surface area contributed by atoms with Crippen LogP contribution in [0.15, 0.2) is 0 Å². The number of hydrogen-bond acceptors (Lipinski definition) is 4. The van der Waals surface area contributed by atoms with Crippen molar-refractivity contribution in [2.24, 2.45) is 0 Å². The molecule has 0 aliphatic carbocycles. The van der Waals surface area contributed by atoms with Crippen LogP contribution in [0.1, 0.15) is 54.4 Å². The first kappa shape index (κ1) is 17.2. The molecule has 124 valence electrons. The second-order valence-corrected chi connectivity index (χ2v) is 8.31. The fourth-order valence-corrected chi connectivity index (χ4v) is 3.79. The Labute approximate surface area is 130 Å². The molecular formula is C17H34N2O2. The van der Waals surface area contributed by atoms with Crippen LogP contribution in [-0.2, 0) is 9.47 Å². The van der Waals surface area contributed by atoms with Crippen molar-refractivity contribution in [3.63, 3.8) is 0 Å². The SMILES string of the molecule is CC(C)NCC1CCC(CN2CC(C)(C)OC(C)(C)C2)O1. The van der Waals surface area contributed by atoms with E-state index in [1.165, 1.54) is 12.8 Å². The van der Waals surface area contributed by atoms with Crippen LogP contribution >= 0.6 is 0 Å². The van der Waals surface area contributed by atoms with Gasteiger partial charge in [0.15, 0.2) is 0 Å². The first-order chi connectivity index (χ1) is 9.65. The number of ether oxygens (including phenoxy) is 2. The summed E-state index contributed by atoms with van der Waals surface area (Å²) in [5.41, 5.74) is -0.141. The van der Waals surface area contributed by atoms with Crippen LogP contribution in [0.25, 0.3) is 0 Å². The zero-order valence-electron chi connectivity index (χ0n) is 14.7. The van der Waals surface area contributed by atoms with Crippen LogP contribution in [0.4, 0.5) is 0 Å². The molecule has 4 nitrogen and oxygen atoms in total. The van der Waals surface area contributed by atoms with E-state index in [4.69, 9.17) is 9.47 Å². The van der Waals surface area contributed by atoms with E-state index in [0.717, 1.165) is 26.2 Å². The van der Waals surface area contributed by atoms with E-state index in [1.54, 1.807) is 0 Å². The van der Waals surface area contributed by atoms with Gasteiger partial charge in [0.2, 0.25) is 0 Å². The molecule has 2 aliphatic rings. The Morgan fingerprint density at radius 3 is 2.19 bits per heavy atom. The summed E-state index contributed by atoms with van der Waals surface area (Å²) < 4.78 is 12.4. The number of rotatable bonds is 5. The summed E-state index contributed by atoms with van der Waals surface area (Å²) >= 11 is 0. The standard InChI is InChI=1S/C17H34N2O2/c1-13(2)18-9-14-7-8-15(20-14)10-19-11-16(3,4)21-17(5,6)12-19/h13-15,18H,7-12H2,1-6H3.